The maximum atomic E-state index is 13.0. The number of rotatable bonds is 3. The summed E-state index contributed by atoms with van der Waals surface area (Å²) in [6, 6.07) is 8.82. The first-order valence-electron chi connectivity index (χ1n) is 5.59. The van der Waals surface area contributed by atoms with Crippen LogP contribution in [0.4, 0.5) is 21.5 Å². The number of benzene rings is 2. The van der Waals surface area contributed by atoms with Crippen molar-refractivity contribution in [1.29, 1.82) is 0 Å². The second-order valence-corrected chi connectivity index (χ2v) is 7.08. The van der Waals surface area contributed by atoms with Crippen LogP contribution in [0.25, 0.3) is 0 Å². The molecule has 0 fully saturated rings. The topological polar surface area (TPSA) is 72.2 Å². The number of hydrogen-bond acceptors (Lipinski definition) is 4. The Morgan fingerprint density at radius 3 is 2.50 bits per heavy atom. The van der Waals surface area contributed by atoms with Gasteiger partial charge < -0.3 is 11.1 Å². The summed E-state index contributed by atoms with van der Waals surface area (Å²) in [5, 5.41) is 2.98. The third-order valence-corrected chi connectivity index (χ3v) is 4.48. The van der Waals surface area contributed by atoms with Gasteiger partial charge in [-0.15, -0.1) is 0 Å². The zero-order valence-corrected chi connectivity index (χ0v) is 12.9. The summed E-state index contributed by atoms with van der Waals surface area (Å²) in [4.78, 5) is 0.0562. The van der Waals surface area contributed by atoms with Crippen LogP contribution in [0.2, 0.25) is 0 Å². The Bertz CT molecular complexity index is 763. The molecule has 0 atom stereocenters. The van der Waals surface area contributed by atoms with E-state index in [1.807, 2.05) is 0 Å². The van der Waals surface area contributed by atoms with Crippen LogP contribution in [-0.2, 0) is 9.84 Å². The molecule has 0 aromatic heterocycles. The van der Waals surface area contributed by atoms with Gasteiger partial charge in [-0.1, -0.05) is 6.07 Å². The van der Waals surface area contributed by atoms with Crippen molar-refractivity contribution in [1.82, 2.24) is 0 Å². The van der Waals surface area contributed by atoms with E-state index in [4.69, 9.17) is 5.73 Å². The summed E-state index contributed by atoms with van der Waals surface area (Å²) in [7, 11) is -3.40. The number of nitrogens with two attached hydrogens (primary N) is 1. The van der Waals surface area contributed by atoms with E-state index < -0.39 is 9.84 Å². The number of anilines is 3. The smallest absolute Gasteiger partial charge is 0.177 e. The van der Waals surface area contributed by atoms with Gasteiger partial charge in [0.1, 0.15) is 5.82 Å². The standard InChI is InChI=1S/C13H12BrFN2O2S/c1-20(18,19)12-4-2-3-11(13(12)16)17-10-6-5-8(15)7-9(10)14/h2-7,17H,16H2,1H3. The number of sulfone groups is 1. The Labute approximate surface area is 124 Å². The third kappa shape index (κ3) is 3.10. The highest BCUT2D eigenvalue weighted by Gasteiger charge is 2.14. The van der Waals surface area contributed by atoms with E-state index in [-0.39, 0.29) is 16.4 Å². The number of nitrogens with one attached hydrogen (secondary N) is 1. The number of halogens is 2. The van der Waals surface area contributed by atoms with Crippen molar-refractivity contribution in [2.24, 2.45) is 0 Å². The first-order chi connectivity index (χ1) is 9.29. The Morgan fingerprint density at radius 2 is 1.90 bits per heavy atom. The zero-order valence-electron chi connectivity index (χ0n) is 10.5. The summed E-state index contributed by atoms with van der Waals surface area (Å²) < 4.78 is 36.7. The van der Waals surface area contributed by atoms with E-state index in [9.17, 15) is 12.8 Å². The molecule has 3 N–H and O–H groups in total. The SMILES string of the molecule is CS(=O)(=O)c1cccc(Nc2ccc(F)cc2Br)c1N. The number of hydrogen-bond donors (Lipinski definition) is 2. The minimum absolute atomic E-state index is 0.0562. The summed E-state index contributed by atoms with van der Waals surface area (Å²) in [6.07, 6.45) is 1.09. The lowest BCUT2D eigenvalue weighted by Gasteiger charge is -2.13. The van der Waals surface area contributed by atoms with Gasteiger partial charge in [0.25, 0.3) is 0 Å². The largest absolute Gasteiger partial charge is 0.396 e. The fourth-order valence-corrected chi connectivity index (χ4v) is 3.00. The second-order valence-electron chi connectivity index (χ2n) is 4.24. The highest BCUT2D eigenvalue weighted by Crippen LogP contribution is 2.32. The van der Waals surface area contributed by atoms with Crippen molar-refractivity contribution < 1.29 is 12.8 Å². The van der Waals surface area contributed by atoms with Crippen LogP contribution in [0.15, 0.2) is 45.8 Å². The van der Waals surface area contributed by atoms with Gasteiger partial charge in [-0.2, -0.15) is 0 Å². The van der Waals surface area contributed by atoms with Crippen LogP contribution in [0.5, 0.6) is 0 Å². The molecule has 0 aliphatic heterocycles. The summed E-state index contributed by atoms with van der Waals surface area (Å²) >= 11 is 3.23. The molecule has 0 aliphatic rings. The fourth-order valence-electron chi connectivity index (χ4n) is 1.71. The van der Waals surface area contributed by atoms with E-state index >= 15 is 0 Å². The van der Waals surface area contributed by atoms with Crippen LogP contribution in [0.3, 0.4) is 0 Å². The van der Waals surface area contributed by atoms with Gasteiger partial charge in [-0.25, -0.2) is 12.8 Å². The number of nitrogen functional groups attached to an aromatic ring is 1. The molecule has 0 saturated carbocycles. The normalized spacial score (nSPS) is 11.3. The summed E-state index contributed by atoms with van der Waals surface area (Å²) in [6.45, 7) is 0. The molecule has 20 heavy (non-hydrogen) atoms. The molecule has 0 saturated heterocycles. The van der Waals surface area contributed by atoms with Gasteiger partial charge in [-0.05, 0) is 46.3 Å². The van der Waals surface area contributed by atoms with Gasteiger partial charge in [0, 0.05) is 10.7 Å². The van der Waals surface area contributed by atoms with E-state index in [1.165, 1.54) is 24.3 Å². The average molecular weight is 359 g/mol. The van der Waals surface area contributed by atoms with E-state index in [1.54, 1.807) is 12.1 Å². The lowest BCUT2D eigenvalue weighted by atomic mass is 10.2. The van der Waals surface area contributed by atoms with Crippen molar-refractivity contribution in [3.63, 3.8) is 0 Å². The van der Waals surface area contributed by atoms with Crippen molar-refractivity contribution in [2.45, 2.75) is 4.90 Å². The Morgan fingerprint density at radius 1 is 1.20 bits per heavy atom. The summed E-state index contributed by atoms with van der Waals surface area (Å²) in [5.74, 6) is -0.375. The lowest BCUT2D eigenvalue weighted by Crippen LogP contribution is -2.05. The Hall–Kier alpha value is -1.60. The molecule has 2 aromatic carbocycles. The first kappa shape index (κ1) is 14.8. The minimum Gasteiger partial charge on any atom is -0.396 e. The second kappa shape index (κ2) is 5.41. The molecule has 0 amide bonds. The molecule has 2 aromatic rings. The molecular formula is C13H12BrFN2O2S. The molecule has 0 spiro atoms. The molecule has 106 valence electrons. The first-order valence-corrected chi connectivity index (χ1v) is 8.28. The highest BCUT2D eigenvalue weighted by atomic mass is 79.9. The van der Waals surface area contributed by atoms with Crippen LogP contribution >= 0.6 is 15.9 Å². The predicted molar refractivity (Wildman–Crippen MR) is 81.3 cm³/mol. The van der Waals surface area contributed by atoms with Crippen molar-refractivity contribution in [3.05, 3.63) is 46.7 Å². The molecule has 0 bridgehead atoms. The van der Waals surface area contributed by atoms with Gasteiger partial charge in [-0.3, -0.25) is 0 Å². The van der Waals surface area contributed by atoms with Crippen LogP contribution < -0.4 is 11.1 Å². The van der Waals surface area contributed by atoms with Crippen LogP contribution in [0.1, 0.15) is 0 Å². The third-order valence-electron chi connectivity index (χ3n) is 2.67. The monoisotopic (exact) mass is 358 g/mol. The fraction of sp³-hybridized carbons (Fsp3) is 0.0769. The van der Waals surface area contributed by atoms with Gasteiger partial charge in [0.05, 0.1) is 22.0 Å². The number of para-hydroxylation sites is 1. The molecule has 7 heteroatoms. The van der Waals surface area contributed by atoms with Crippen molar-refractivity contribution >= 4 is 42.8 Å². The molecular weight excluding hydrogens is 347 g/mol. The van der Waals surface area contributed by atoms with Crippen LogP contribution in [0, 0.1) is 5.82 Å². The van der Waals surface area contributed by atoms with E-state index in [0.717, 1.165) is 6.26 Å². The lowest BCUT2D eigenvalue weighted by molar-refractivity contribution is 0.602. The van der Waals surface area contributed by atoms with Gasteiger partial charge in [0.15, 0.2) is 9.84 Å². The maximum Gasteiger partial charge on any atom is 0.177 e. The highest BCUT2D eigenvalue weighted by molar-refractivity contribution is 9.10. The minimum atomic E-state index is -3.40. The Balaban J connectivity index is 2.45. The zero-order chi connectivity index (χ0) is 14.9. The van der Waals surface area contributed by atoms with Crippen molar-refractivity contribution in [2.75, 3.05) is 17.3 Å². The molecule has 0 unspecified atom stereocenters. The quantitative estimate of drug-likeness (QED) is 0.825. The van der Waals surface area contributed by atoms with Crippen LogP contribution in [-0.4, -0.2) is 14.7 Å². The molecule has 0 radical (unpaired) electrons. The average Bonchev–Trinajstić information content (AvgIpc) is 2.33. The van der Waals surface area contributed by atoms with Gasteiger partial charge in [0.2, 0.25) is 0 Å². The maximum absolute atomic E-state index is 13.0. The summed E-state index contributed by atoms with van der Waals surface area (Å²) in [5.41, 5.74) is 7.03. The van der Waals surface area contributed by atoms with Crippen molar-refractivity contribution in [3.8, 4) is 0 Å². The predicted octanol–water partition coefficient (Wildman–Crippen LogP) is 3.32. The van der Waals surface area contributed by atoms with E-state index in [2.05, 4.69) is 21.2 Å². The van der Waals surface area contributed by atoms with E-state index in [0.29, 0.717) is 15.8 Å². The molecule has 0 heterocycles. The molecule has 4 nitrogen and oxygen atoms in total. The Kier molecular flexibility index (Phi) is 4.01. The molecule has 0 aliphatic carbocycles. The van der Waals surface area contributed by atoms with Gasteiger partial charge >= 0.3 is 0 Å². The molecule has 2 rings (SSSR count).